The van der Waals surface area contributed by atoms with Crippen molar-refractivity contribution in [2.45, 2.75) is 6.92 Å². The second-order valence-electron chi connectivity index (χ2n) is 4.19. The van der Waals surface area contributed by atoms with E-state index < -0.39 is 0 Å². The summed E-state index contributed by atoms with van der Waals surface area (Å²) in [6.07, 6.45) is 1.74. The van der Waals surface area contributed by atoms with Gasteiger partial charge in [-0.15, -0.1) is 0 Å². The Kier molecular flexibility index (Phi) is 4.73. The van der Waals surface area contributed by atoms with Crippen molar-refractivity contribution >= 4 is 11.6 Å². The number of carbonyl (C=O) groups excluding carboxylic acids is 1. The van der Waals surface area contributed by atoms with Crippen molar-refractivity contribution in [1.29, 1.82) is 0 Å². The summed E-state index contributed by atoms with van der Waals surface area (Å²) in [4.78, 5) is 11.8. The molecule has 6 heteroatoms. The number of benzene rings is 1. The van der Waals surface area contributed by atoms with Gasteiger partial charge in [-0.2, -0.15) is 5.10 Å². The Morgan fingerprint density at radius 1 is 1.35 bits per heavy atom. The van der Waals surface area contributed by atoms with Gasteiger partial charge in [0.25, 0.3) is 5.91 Å². The van der Waals surface area contributed by atoms with Gasteiger partial charge in [0.05, 0.1) is 12.3 Å². The molecule has 106 valence electrons. The van der Waals surface area contributed by atoms with E-state index in [-0.39, 0.29) is 5.91 Å². The van der Waals surface area contributed by atoms with Crippen molar-refractivity contribution in [1.82, 2.24) is 15.1 Å². The summed E-state index contributed by atoms with van der Waals surface area (Å²) in [6.45, 7) is 3.53. The van der Waals surface area contributed by atoms with Crippen molar-refractivity contribution in [3.8, 4) is 5.69 Å². The molecular weight excluding hydrogens is 256 g/mol. The van der Waals surface area contributed by atoms with Gasteiger partial charge in [-0.25, -0.2) is 4.68 Å². The minimum absolute atomic E-state index is 0.209. The topological polar surface area (TPSA) is 82.2 Å². The quantitative estimate of drug-likeness (QED) is 0.613. The van der Waals surface area contributed by atoms with E-state index in [4.69, 9.17) is 10.5 Å². The van der Waals surface area contributed by atoms with Gasteiger partial charge in [0.1, 0.15) is 0 Å². The largest absolute Gasteiger partial charge is 0.399 e. The van der Waals surface area contributed by atoms with Crippen LogP contribution in [-0.2, 0) is 4.74 Å². The first-order valence-electron chi connectivity index (χ1n) is 6.48. The molecule has 2 rings (SSSR count). The number of ether oxygens (including phenoxy) is 1. The molecule has 3 N–H and O–H groups in total. The van der Waals surface area contributed by atoms with E-state index in [1.54, 1.807) is 29.1 Å². The lowest BCUT2D eigenvalue weighted by Crippen LogP contribution is -2.27. The monoisotopic (exact) mass is 274 g/mol. The number of nitrogens with zero attached hydrogens (tertiary/aromatic N) is 2. The van der Waals surface area contributed by atoms with E-state index in [1.165, 1.54) is 0 Å². The van der Waals surface area contributed by atoms with Crippen molar-refractivity contribution in [3.05, 3.63) is 42.2 Å². The van der Waals surface area contributed by atoms with E-state index in [0.29, 0.717) is 31.1 Å². The zero-order valence-corrected chi connectivity index (χ0v) is 11.4. The highest BCUT2D eigenvalue weighted by atomic mass is 16.5. The fraction of sp³-hybridized carbons (Fsp3) is 0.286. The molecular formula is C14H18N4O2. The van der Waals surface area contributed by atoms with Crippen LogP contribution in [0.5, 0.6) is 0 Å². The number of nitrogen functional groups attached to an aromatic ring is 1. The highest BCUT2D eigenvalue weighted by Crippen LogP contribution is 2.10. The maximum atomic E-state index is 11.8. The van der Waals surface area contributed by atoms with Gasteiger partial charge in [-0.05, 0) is 37.3 Å². The molecule has 0 spiro atoms. The molecule has 1 aromatic carbocycles. The zero-order valence-electron chi connectivity index (χ0n) is 11.4. The van der Waals surface area contributed by atoms with E-state index in [9.17, 15) is 4.79 Å². The molecule has 1 heterocycles. The SMILES string of the molecule is CCOCCNC(=O)c1ccn(-c2ccc(N)cc2)n1. The van der Waals surface area contributed by atoms with Crippen LogP contribution < -0.4 is 11.1 Å². The summed E-state index contributed by atoms with van der Waals surface area (Å²) in [5.41, 5.74) is 7.55. The predicted molar refractivity (Wildman–Crippen MR) is 76.8 cm³/mol. The summed E-state index contributed by atoms with van der Waals surface area (Å²) in [7, 11) is 0. The fourth-order valence-corrected chi connectivity index (χ4v) is 1.69. The molecule has 1 aromatic heterocycles. The van der Waals surface area contributed by atoms with Gasteiger partial charge in [0, 0.05) is 25.0 Å². The lowest BCUT2D eigenvalue weighted by Gasteiger charge is -2.03. The van der Waals surface area contributed by atoms with Crippen LogP contribution in [0.4, 0.5) is 5.69 Å². The van der Waals surface area contributed by atoms with Gasteiger partial charge < -0.3 is 15.8 Å². The first-order valence-corrected chi connectivity index (χ1v) is 6.48. The second kappa shape index (κ2) is 6.72. The number of aromatic nitrogens is 2. The van der Waals surface area contributed by atoms with Crippen molar-refractivity contribution in [3.63, 3.8) is 0 Å². The Bertz CT molecular complexity index is 563. The number of nitrogens with two attached hydrogens (primary N) is 1. The lowest BCUT2D eigenvalue weighted by molar-refractivity contribution is 0.0917. The molecule has 0 atom stereocenters. The van der Waals surface area contributed by atoms with Crippen LogP contribution in [0.1, 0.15) is 17.4 Å². The van der Waals surface area contributed by atoms with Gasteiger partial charge >= 0.3 is 0 Å². The highest BCUT2D eigenvalue weighted by molar-refractivity contribution is 5.92. The molecule has 0 aliphatic rings. The molecule has 0 fully saturated rings. The summed E-state index contributed by atoms with van der Waals surface area (Å²) in [5.74, 6) is -0.209. The highest BCUT2D eigenvalue weighted by Gasteiger charge is 2.09. The summed E-state index contributed by atoms with van der Waals surface area (Å²) >= 11 is 0. The third kappa shape index (κ3) is 3.58. The predicted octanol–water partition coefficient (Wildman–Crippen LogP) is 1.22. The van der Waals surface area contributed by atoms with Gasteiger partial charge in [0.15, 0.2) is 5.69 Å². The van der Waals surface area contributed by atoms with Crippen molar-refractivity contribution < 1.29 is 9.53 Å². The van der Waals surface area contributed by atoms with Crippen LogP contribution in [-0.4, -0.2) is 35.4 Å². The molecule has 0 saturated heterocycles. The van der Waals surface area contributed by atoms with Crippen LogP contribution in [0.15, 0.2) is 36.5 Å². The van der Waals surface area contributed by atoms with Crippen molar-refractivity contribution in [2.75, 3.05) is 25.5 Å². The maximum Gasteiger partial charge on any atom is 0.271 e. The summed E-state index contributed by atoms with van der Waals surface area (Å²) in [6, 6.07) is 8.95. The van der Waals surface area contributed by atoms with E-state index in [2.05, 4.69) is 10.4 Å². The zero-order chi connectivity index (χ0) is 14.4. The number of rotatable bonds is 6. The van der Waals surface area contributed by atoms with Crippen LogP contribution in [0.3, 0.4) is 0 Å². The lowest BCUT2D eigenvalue weighted by atomic mass is 10.3. The molecule has 0 aliphatic carbocycles. The molecule has 0 unspecified atom stereocenters. The third-order valence-electron chi connectivity index (χ3n) is 2.72. The minimum atomic E-state index is -0.209. The number of hydrogen-bond donors (Lipinski definition) is 2. The van der Waals surface area contributed by atoms with Crippen molar-refractivity contribution in [2.24, 2.45) is 0 Å². The molecule has 0 bridgehead atoms. The Morgan fingerprint density at radius 2 is 2.10 bits per heavy atom. The minimum Gasteiger partial charge on any atom is -0.399 e. The Hall–Kier alpha value is -2.34. The number of hydrogen-bond acceptors (Lipinski definition) is 4. The molecule has 2 aromatic rings. The summed E-state index contributed by atoms with van der Waals surface area (Å²) < 4.78 is 6.79. The summed E-state index contributed by atoms with van der Waals surface area (Å²) in [5, 5.41) is 6.98. The molecule has 20 heavy (non-hydrogen) atoms. The van der Waals surface area contributed by atoms with Gasteiger partial charge in [-0.3, -0.25) is 4.79 Å². The van der Waals surface area contributed by atoms with Gasteiger partial charge in [0.2, 0.25) is 0 Å². The van der Waals surface area contributed by atoms with Crippen LogP contribution in [0.25, 0.3) is 5.69 Å². The van der Waals surface area contributed by atoms with Gasteiger partial charge in [-0.1, -0.05) is 0 Å². The third-order valence-corrected chi connectivity index (χ3v) is 2.72. The molecule has 1 amide bonds. The second-order valence-corrected chi connectivity index (χ2v) is 4.19. The van der Waals surface area contributed by atoms with E-state index >= 15 is 0 Å². The molecule has 0 aliphatic heterocycles. The number of anilines is 1. The maximum absolute atomic E-state index is 11.8. The normalized spacial score (nSPS) is 10.4. The molecule has 6 nitrogen and oxygen atoms in total. The first-order chi connectivity index (χ1) is 9.70. The number of carbonyl (C=O) groups is 1. The Labute approximate surface area is 117 Å². The van der Waals surface area contributed by atoms with Crippen LogP contribution >= 0.6 is 0 Å². The average Bonchev–Trinajstić information content (AvgIpc) is 2.94. The standard InChI is InChI=1S/C14H18N4O2/c1-2-20-10-8-16-14(19)13-7-9-18(17-13)12-5-3-11(15)4-6-12/h3-7,9H,2,8,10,15H2,1H3,(H,16,19). The fourth-order valence-electron chi connectivity index (χ4n) is 1.69. The average molecular weight is 274 g/mol. The smallest absolute Gasteiger partial charge is 0.271 e. The van der Waals surface area contributed by atoms with E-state index in [1.807, 2.05) is 19.1 Å². The Balaban J connectivity index is 1.98. The molecule has 0 radical (unpaired) electrons. The molecule has 0 saturated carbocycles. The first kappa shape index (κ1) is 14.1. The van der Waals surface area contributed by atoms with Crippen LogP contribution in [0.2, 0.25) is 0 Å². The number of amides is 1. The Morgan fingerprint density at radius 3 is 2.80 bits per heavy atom. The van der Waals surface area contributed by atoms with Crippen LogP contribution in [0, 0.1) is 0 Å². The number of nitrogens with one attached hydrogen (secondary N) is 1. The van der Waals surface area contributed by atoms with E-state index in [0.717, 1.165) is 5.69 Å².